The van der Waals surface area contributed by atoms with E-state index >= 15 is 0 Å². The van der Waals surface area contributed by atoms with Crippen LogP contribution in [0.25, 0.3) is 0 Å². The highest BCUT2D eigenvalue weighted by molar-refractivity contribution is 5.90. The first-order chi connectivity index (χ1) is 21.4. The second-order valence-electron chi connectivity index (χ2n) is 14.0. The van der Waals surface area contributed by atoms with Gasteiger partial charge in [0.1, 0.15) is 6.10 Å². The highest BCUT2D eigenvalue weighted by Gasteiger charge is 2.40. The van der Waals surface area contributed by atoms with E-state index in [1.807, 2.05) is 6.92 Å². The molecule has 3 N–H and O–H groups in total. The molecule has 0 aliphatic carbocycles. The number of ether oxygens (including phenoxy) is 3. The van der Waals surface area contributed by atoms with Gasteiger partial charge in [-0.2, -0.15) is 0 Å². The predicted octanol–water partition coefficient (Wildman–Crippen LogP) is 7.86. The molecule has 3 aliphatic heterocycles. The van der Waals surface area contributed by atoms with Crippen molar-refractivity contribution in [2.24, 2.45) is 0 Å². The molecular weight excluding hydrogens is 556 g/mol. The minimum absolute atomic E-state index is 0.0234. The highest BCUT2D eigenvalue weighted by Crippen LogP contribution is 2.34. The summed E-state index contributed by atoms with van der Waals surface area (Å²) in [4.78, 5) is 11.7. The van der Waals surface area contributed by atoms with Crippen LogP contribution in [0.5, 0.6) is 0 Å². The van der Waals surface area contributed by atoms with Gasteiger partial charge in [-0.15, -0.1) is 0 Å². The third-order valence-electron chi connectivity index (χ3n) is 10.0. The Labute approximate surface area is 268 Å². The molecule has 3 heterocycles. The van der Waals surface area contributed by atoms with Gasteiger partial charge in [-0.3, -0.25) is 0 Å². The SMILES string of the molecule is CCCCCCCCCCCCCC[C@@H](O)[C@H]1CC[C@H]([C@H]2CC[C@H]([C@H](O)CCCCCC[C@@H](O)CC3=C[C@H](C)OC3=O)O2)O1. The third kappa shape index (κ3) is 14.2. The van der Waals surface area contributed by atoms with Crippen molar-refractivity contribution in [2.75, 3.05) is 0 Å². The lowest BCUT2D eigenvalue weighted by Crippen LogP contribution is -2.33. The summed E-state index contributed by atoms with van der Waals surface area (Å²) in [7, 11) is 0. The maximum Gasteiger partial charge on any atom is 0.334 e. The second-order valence-corrected chi connectivity index (χ2v) is 14.0. The third-order valence-corrected chi connectivity index (χ3v) is 10.0. The van der Waals surface area contributed by atoms with Crippen molar-refractivity contribution in [3.8, 4) is 0 Å². The van der Waals surface area contributed by atoms with E-state index in [2.05, 4.69) is 6.92 Å². The van der Waals surface area contributed by atoms with Gasteiger partial charge in [0.25, 0.3) is 0 Å². The van der Waals surface area contributed by atoms with Crippen molar-refractivity contribution in [2.45, 2.75) is 217 Å². The van der Waals surface area contributed by atoms with Gasteiger partial charge >= 0.3 is 5.97 Å². The van der Waals surface area contributed by atoms with Crippen LogP contribution in [-0.4, -0.2) is 70.1 Å². The number of aliphatic hydroxyl groups excluding tert-OH is 3. The quantitative estimate of drug-likeness (QED) is 0.0703. The van der Waals surface area contributed by atoms with E-state index in [4.69, 9.17) is 14.2 Å². The molecule has 0 amide bonds. The minimum Gasteiger partial charge on any atom is -0.455 e. The van der Waals surface area contributed by atoms with Gasteiger partial charge in [0.05, 0.1) is 42.7 Å². The Bertz CT molecular complexity index is 801. The molecule has 0 aromatic rings. The molecule has 7 nitrogen and oxygen atoms in total. The van der Waals surface area contributed by atoms with Crippen LogP contribution in [0.1, 0.15) is 168 Å². The molecule has 0 radical (unpaired) electrons. The van der Waals surface area contributed by atoms with Crippen LogP contribution in [0.2, 0.25) is 0 Å². The van der Waals surface area contributed by atoms with E-state index in [0.29, 0.717) is 18.4 Å². The number of hydrogen-bond acceptors (Lipinski definition) is 7. The lowest BCUT2D eigenvalue weighted by molar-refractivity contribution is -0.139. The van der Waals surface area contributed by atoms with Crippen molar-refractivity contribution in [1.82, 2.24) is 0 Å². The monoisotopic (exact) mass is 622 g/mol. The molecule has 3 rings (SSSR count). The fraction of sp³-hybridized carbons (Fsp3) is 0.919. The number of aliphatic hydroxyl groups is 3. The zero-order valence-corrected chi connectivity index (χ0v) is 28.1. The molecule has 3 aliphatic rings. The van der Waals surface area contributed by atoms with Crippen LogP contribution in [0.3, 0.4) is 0 Å². The molecule has 8 atom stereocenters. The van der Waals surface area contributed by atoms with Crippen LogP contribution in [-0.2, 0) is 19.0 Å². The predicted molar refractivity (Wildman–Crippen MR) is 175 cm³/mol. The standard InChI is InChI=1S/C37H66O7/c1-3-4-5-6-7-8-9-10-11-12-13-17-20-31(39)33-22-24-35(43-33)36-25-23-34(44-36)32(40)21-18-15-14-16-19-30(38)27-29-26-28(2)42-37(29)41/h26,28,30-36,38-40H,3-25,27H2,1-2H3/t28-,30+,31+,32+,33+,34+,35+,36+/m0/s1. The Balaban J connectivity index is 1.15. The molecule has 2 saturated heterocycles. The Morgan fingerprint density at radius 3 is 1.52 bits per heavy atom. The maximum absolute atomic E-state index is 11.7. The lowest BCUT2D eigenvalue weighted by atomic mass is 9.99. The Hall–Kier alpha value is -0.990. The fourth-order valence-corrected chi connectivity index (χ4v) is 7.28. The molecular formula is C37H66O7. The molecule has 0 aromatic carbocycles. The average molecular weight is 623 g/mol. The summed E-state index contributed by atoms with van der Waals surface area (Å²) in [5.41, 5.74) is 0.590. The van der Waals surface area contributed by atoms with Crippen molar-refractivity contribution >= 4 is 5.97 Å². The highest BCUT2D eigenvalue weighted by atomic mass is 16.6. The van der Waals surface area contributed by atoms with Gasteiger partial charge < -0.3 is 29.5 Å². The molecule has 0 spiro atoms. The van der Waals surface area contributed by atoms with Gasteiger partial charge in [0.2, 0.25) is 0 Å². The van der Waals surface area contributed by atoms with Crippen molar-refractivity contribution in [3.63, 3.8) is 0 Å². The number of esters is 1. The second kappa shape index (κ2) is 21.7. The molecule has 256 valence electrons. The zero-order valence-electron chi connectivity index (χ0n) is 28.1. The minimum atomic E-state index is -0.513. The van der Waals surface area contributed by atoms with Crippen LogP contribution < -0.4 is 0 Å². The van der Waals surface area contributed by atoms with Crippen LogP contribution in [0.4, 0.5) is 0 Å². The maximum atomic E-state index is 11.7. The van der Waals surface area contributed by atoms with Crippen LogP contribution >= 0.6 is 0 Å². The molecule has 0 bridgehead atoms. The topological polar surface area (TPSA) is 105 Å². The van der Waals surface area contributed by atoms with Gasteiger partial charge in [0.15, 0.2) is 0 Å². The Morgan fingerprint density at radius 1 is 0.659 bits per heavy atom. The van der Waals surface area contributed by atoms with E-state index < -0.39 is 12.2 Å². The molecule has 0 unspecified atom stereocenters. The first-order valence-electron chi connectivity index (χ1n) is 18.6. The van der Waals surface area contributed by atoms with Crippen molar-refractivity contribution in [3.05, 3.63) is 11.6 Å². The smallest absolute Gasteiger partial charge is 0.334 e. The Morgan fingerprint density at radius 2 is 1.09 bits per heavy atom. The molecule has 0 saturated carbocycles. The zero-order chi connectivity index (χ0) is 31.6. The molecule has 0 aromatic heterocycles. The van der Waals surface area contributed by atoms with Gasteiger partial charge in [-0.05, 0) is 57.9 Å². The summed E-state index contributed by atoms with van der Waals surface area (Å²) < 4.78 is 17.6. The van der Waals surface area contributed by atoms with E-state index in [1.165, 1.54) is 70.6 Å². The largest absolute Gasteiger partial charge is 0.455 e. The molecule has 44 heavy (non-hydrogen) atoms. The normalized spacial score (nSPS) is 27.4. The summed E-state index contributed by atoms with van der Waals surface area (Å²) in [6, 6.07) is 0. The summed E-state index contributed by atoms with van der Waals surface area (Å²) in [5, 5.41) is 31.7. The Kier molecular flexibility index (Phi) is 18.5. The number of carbonyl (C=O) groups is 1. The fourth-order valence-electron chi connectivity index (χ4n) is 7.28. The number of unbranched alkanes of at least 4 members (excludes halogenated alkanes) is 14. The van der Waals surface area contributed by atoms with E-state index in [9.17, 15) is 20.1 Å². The summed E-state index contributed by atoms with van der Waals surface area (Å²) in [6.45, 7) is 4.10. The van der Waals surface area contributed by atoms with Crippen molar-refractivity contribution < 1.29 is 34.3 Å². The van der Waals surface area contributed by atoms with E-state index in [-0.39, 0.29) is 42.6 Å². The van der Waals surface area contributed by atoms with Crippen LogP contribution in [0.15, 0.2) is 11.6 Å². The lowest BCUT2D eigenvalue weighted by Gasteiger charge is -2.24. The summed E-state index contributed by atoms with van der Waals surface area (Å²) >= 11 is 0. The number of carbonyl (C=O) groups excluding carboxylic acids is 1. The average Bonchev–Trinajstić information content (AvgIpc) is 3.75. The summed E-state index contributed by atoms with van der Waals surface area (Å²) in [5.74, 6) is -0.302. The van der Waals surface area contributed by atoms with Gasteiger partial charge in [0, 0.05) is 12.0 Å². The van der Waals surface area contributed by atoms with E-state index in [1.54, 1.807) is 6.08 Å². The number of rotatable bonds is 25. The first-order valence-corrected chi connectivity index (χ1v) is 18.6. The van der Waals surface area contributed by atoms with Crippen LogP contribution in [0, 0.1) is 0 Å². The van der Waals surface area contributed by atoms with E-state index in [0.717, 1.165) is 70.6 Å². The number of cyclic esters (lactones) is 1. The number of hydrogen-bond donors (Lipinski definition) is 3. The first kappa shape index (κ1) is 37.5. The molecule has 7 heteroatoms. The van der Waals surface area contributed by atoms with Gasteiger partial charge in [-0.25, -0.2) is 4.79 Å². The molecule has 2 fully saturated rings. The van der Waals surface area contributed by atoms with Crippen molar-refractivity contribution in [1.29, 1.82) is 0 Å². The van der Waals surface area contributed by atoms with Gasteiger partial charge in [-0.1, -0.05) is 110 Å². The summed E-state index contributed by atoms with van der Waals surface area (Å²) in [6.07, 6.45) is 26.0.